The smallest absolute Gasteiger partial charge is 0.409 e. The number of hydrogen-bond donors (Lipinski definition) is 0. The number of amides is 3. The Kier molecular flexibility index (Phi) is 5.59. The summed E-state index contributed by atoms with van der Waals surface area (Å²) in [5.74, 6) is -1.62. The Morgan fingerprint density at radius 2 is 1.79 bits per heavy atom. The van der Waals surface area contributed by atoms with Crippen LogP contribution in [0.15, 0.2) is 24.3 Å². The molecule has 0 N–H and O–H groups in total. The molecule has 1 aromatic carbocycles. The SMILES string of the molecule is CCOC(=O)N1CCN(C(=O)c2cccc(N3C(=O)[C@H](C)CS3(=O)=O)c2)CC1. The second-order valence-electron chi connectivity index (χ2n) is 6.81. The van der Waals surface area contributed by atoms with Gasteiger partial charge in [-0.2, -0.15) is 0 Å². The minimum absolute atomic E-state index is 0.172. The van der Waals surface area contributed by atoms with Crippen LogP contribution >= 0.6 is 0 Å². The second kappa shape index (κ2) is 7.78. The molecule has 2 aliphatic heterocycles. The summed E-state index contributed by atoms with van der Waals surface area (Å²) in [7, 11) is -3.73. The molecule has 2 heterocycles. The lowest BCUT2D eigenvalue weighted by atomic mass is 10.1. The molecule has 9 nitrogen and oxygen atoms in total. The van der Waals surface area contributed by atoms with Gasteiger partial charge >= 0.3 is 6.09 Å². The monoisotopic (exact) mass is 409 g/mol. The van der Waals surface area contributed by atoms with Crippen molar-refractivity contribution in [3.8, 4) is 0 Å². The van der Waals surface area contributed by atoms with Gasteiger partial charge in [-0.3, -0.25) is 9.59 Å². The lowest BCUT2D eigenvalue weighted by molar-refractivity contribution is -0.119. The van der Waals surface area contributed by atoms with Crippen molar-refractivity contribution in [3.63, 3.8) is 0 Å². The molecule has 2 fully saturated rings. The first-order chi connectivity index (χ1) is 13.2. The quantitative estimate of drug-likeness (QED) is 0.735. The zero-order chi connectivity index (χ0) is 20.5. The summed E-state index contributed by atoms with van der Waals surface area (Å²) in [6.45, 7) is 5.01. The molecule has 2 saturated heterocycles. The van der Waals surface area contributed by atoms with Gasteiger partial charge < -0.3 is 14.5 Å². The van der Waals surface area contributed by atoms with E-state index in [0.29, 0.717) is 38.3 Å². The van der Waals surface area contributed by atoms with Crippen LogP contribution in [-0.2, 0) is 19.6 Å². The number of hydrogen-bond acceptors (Lipinski definition) is 6. The van der Waals surface area contributed by atoms with E-state index < -0.39 is 27.9 Å². The van der Waals surface area contributed by atoms with Crippen LogP contribution in [0.1, 0.15) is 24.2 Å². The summed E-state index contributed by atoms with van der Waals surface area (Å²) in [6.07, 6.45) is -0.400. The molecule has 0 radical (unpaired) electrons. The Morgan fingerprint density at radius 3 is 2.36 bits per heavy atom. The van der Waals surface area contributed by atoms with E-state index in [4.69, 9.17) is 4.74 Å². The zero-order valence-corrected chi connectivity index (χ0v) is 16.6. The van der Waals surface area contributed by atoms with Crippen molar-refractivity contribution in [2.24, 2.45) is 5.92 Å². The molecule has 28 heavy (non-hydrogen) atoms. The Morgan fingerprint density at radius 1 is 1.14 bits per heavy atom. The number of benzene rings is 1. The van der Waals surface area contributed by atoms with Crippen LogP contribution < -0.4 is 4.31 Å². The number of carbonyl (C=O) groups excluding carboxylic acids is 3. The van der Waals surface area contributed by atoms with Gasteiger partial charge in [-0.1, -0.05) is 13.0 Å². The molecule has 0 aromatic heterocycles. The van der Waals surface area contributed by atoms with Crippen LogP contribution in [0.3, 0.4) is 0 Å². The number of nitrogens with zero attached hydrogens (tertiary/aromatic N) is 3. The maximum atomic E-state index is 12.8. The number of ether oxygens (including phenoxy) is 1. The molecule has 1 aromatic rings. The fraction of sp³-hybridized carbons (Fsp3) is 0.500. The Labute approximate surface area is 163 Å². The number of sulfonamides is 1. The van der Waals surface area contributed by atoms with Gasteiger partial charge in [-0.15, -0.1) is 0 Å². The van der Waals surface area contributed by atoms with E-state index in [1.54, 1.807) is 35.8 Å². The second-order valence-corrected chi connectivity index (χ2v) is 8.67. The third-order valence-electron chi connectivity index (χ3n) is 4.78. The fourth-order valence-corrected chi connectivity index (χ4v) is 5.15. The fourth-order valence-electron chi connectivity index (χ4n) is 3.34. The first-order valence-electron chi connectivity index (χ1n) is 9.12. The van der Waals surface area contributed by atoms with Crippen molar-refractivity contribution in [1.82, 2.24) is 9.80 Å². The average Bonchev–Trinajstić information content (AvgIpc) is 2.88. The van der Waals surface area contributed by atoms with Gasteiger partial charge in [0, 0.05) is 31.7 Å². The molecule has 0 saturated carbocycles. The number of carbonyl (C=O) groups is 3. The Bertz CT molecular complexity index is 892. The van der Waals surface area contributed by atoms with Crippen molar-refractivity contribution in [3.05, 3.63) is 29.8 Å². The molecular weight excluding hydrogens is 386 g/mol. The zero-order valence-electron chi connectivity index (χ0n) is 15.8. The molecule has 0 aliphatic carbocycles. The average molecular weight is 409 g/mol. The molecule has 10 heteroatoms. The first kappa shape index (κ1) is 20.1. The first-order valence-corrected chi connectivity index (χ1v) is 10.7. The highest BCUT2D eigenvalue weighted by Gasteiger charge is 2.42. The molecule has 0 spiro atoms. The van der Waals surface area contributed by atoms with Gasteiger partial charge in [-0.05, 0) is 25.1 Å². The summed E-state index contributed by atoms with van der Waals surface area (Å²) in [6, 6.07) is 6.07. The van der Waals surface area contributed by atoms with Crippen LogP contribution in [0.2, 0.25) is 0 Å². The lowest BCUT2D eigenvalue weighted by Crippen LogP contribution is -2.50. The standard InChI is InChI=1S/C18H23N3O6S/c1-3-27-18(24)20-9-7-19(8-10-20)17(23)14-5-4-6-15(11-14)21-16(22)13(2)12-28(21,25)26/h4-6,11,13H,3,7-10,12H2,1-2H3/t13-/m1/s1. The number of rotatable bonds is 3. The molecular formula is C18H23N3O6S. The van der Waals surface area contributed by atoms with E-state index in [2.05, 4.69) is 0 Å². The molecule has 3 rings (SSSR count). The van der Waals surface area contributed by atoms with Gasteiger partial charge in [-0.25, -0.2) is 17.5 Å². The minimum atomic E-state index is -3.73. The predicted molar refractivity (Wildman–Crippen MR) is 101 cm³/mol. The summed E-state index contributed by atoms with van der Waals surface area (Å²) in [5.41, 5.74) is 0.468. The van der Waals surface area contributed by atoms with Gasteiger partial charge in [0.1, 0.15) is 0 Å². The van der Waals surface area contributed by atoms with Crippen molar-refractivity contribution < 1.29 is 27.5 Å². The van der Waals surface area contributed by atoms with Crippen LogP contribution in [-0.4, -0.2) is 74.7 Å². The number of anilines is 1. The predicted octanol–water partition coefficient (Wildman–Crippen LogP) is 0.913. The third kappa shape index (κ3) is 3.82. The van der Waals surface area contributed by atoms with E-state index in [9.17, 15) is 22.8 Å². The van der Waals surface area contributed by atoms with E-state index >= 15 is 0 Å². The van der Waals surface area contributed by atoms with Crippen molar-refractivity contribution >= 4 is 33.6 Å². The van der Waals surface area contributed by atoms with E-state index in [-0.39, 0.29) is 17.3 Å². The van der Waals surface area contributed by atoms with Crippen LogP contribution in [0, 0.1) is 5.92 Å². The summed E-state index contributed by atoms with van der Waals surface area (Å²) >= 11 is 0. The summed E-state index contributed by atoms with van der Waals surface area (Å²) < 4.78 is 30.3. The molecule has 1 atom stereocenters. The number of piperazine rings is 1. The molecule has 0 unspecified atom stereocenters. The van der Waals surface area contributed by atoms with Gasteiger partial charge in [0.05, 0.1) is 24.0 Å². The van der Waals surface area contributed by atoms with E-state index in [1.165, 1.54) is 12.1 Å². The summed E-state index contributed by atoms with van der Waals surface area (Å²) in [4.78, 5) is 40.0. The highest BCUT2D eigenvalue weighted by Crippen LogP contribution is 2.29. The molecule has 0 bridgehead atoms. The highest BCUT2D eigenvalue weighted by atomic mass is 32.2. The van der Waals surface area contributed by atoms with Crippen LogP contribution in [0.4, 0.5) is 10.5 Å². The third-order valence-corrected chi connectivity index (χ3v) is 6.65. The lowest BCUT2D eigenvalue weighted by Gasteiger charge is -2.34. The molecule has 152 valence electrons. The molecule has 2 aliphatic rings. The van der Waals surface area contributed by atoms with Gasteiger partial charge in [0.25, 0.3) is 5.91 Å². The van der Waals surface area contributed by atoms with Gasteiger partial charge in [0.2, 0.25) is 15.9 Å². The van der Waals surface area contributed by atoms with Crippen molar-refractivity contribution in [1.29, 1.82) is 0 Å². The highest BCUT2D eigenvalue weighted by molar-refractivity contribution is 7.94. The minimum Gasteiger partial charge on any atom is -0.450 e. The Balaban J connectivity index is 1.74. The van der Waals surface area contributed by atoms with Gasteiger partial charge in [0.15, 0.2) is 0 Å². The van der Waals surface area contributed by atoms with Crippen LogP contribution in [0.25, 0.3) is 0 Å². The largest absolute Gasteiger partial charge is 0.450 e. The molecule has 3 amide bonds. The normalized spacial score (nSPS) is 21.7. The van der Waals surface area contributed by atoms with Crippen molar-refractivity contribution in [2.45, 2.75) is 13.8 Å². The topological polar surface area (TPSA) is 104 Å². The maximum absolute atomic E-state index is 12.8. The van der Waals surface area contributed by atoms with E-state index in [0.717, 1.165) is 4.31 Å². The van der Waals surface area contributed by atoms with Crippen molar-refractivity contribution in [2.75, 3.05) is 42.8 Å². The maximum Gasteiger partial charge on any atom is 0.409 e. The van der Waals surface area contributed by atoms with E-state index in [1.807, 2.05) is 0 Å². The summed E-state index contributed by atoms with van der Waals surface area (Å²) in [5, 5.41) is 0. The Hall–Kier alpha value is -2.62. The van der Waals surface area contributed by atoms with Crippen LogP contribution in [0.5, 0.6) is 0 Å².